The quantitative estimate of drug-likeness (QED) is 0.771. The van der Waals surface area contributed by atoms with Crippen LogP contribution in [0.4, 0.5) is 0 Å². The second kappa shape index (κ2) is 6.15. The van der Waals surface area contributed by atoms with Gasteiger partial charge in [-0.25, -0.2) is 0 Å². The Labute approximate surface area is 137 Å². The van der Waals surface area contributed by atoms with E-state index >= 15 is 0 Å². The summed E-state index contributed by atoms with van der Waals surface area (Å²) >= 11 is 2.24. The van der Waals surface area contributed by atoms with Gasteiger partial charge in [0, 0.05) is 15.7 Å². The number of carbonyl (C=O) groups is 1. The summed E-state index contributed by atoms with van der Waals surface area (Å²) in [5.74, 6) is -0.0424. The first-order chi connectivity index (χ1) is 10.1. The molecule has 1 amide bonds. The molecule has 3 nitrogen and oxygen atoms in total. The van der Waals surface area contributed by atoms with Crippen LogP contribution in [0.1, 0.15) is 39.6 Å². The maximum Gasteiger partial charge on any atom is 0.251 e. The molecule has 1 atom stereocenters. The Bertz CT molecular complexity index is 667. The van der Waals surface area contributed by atoms with Crippen LogP contribution in [0.2, 0.25) is 0 Å². The van der Waals surface area contributed by atoms with Gasteiger partial charge in [0.05, 0.1) is 0 Å². The number of nitrogens with one attached hydrogen (secondary N) is 1. The topological polar surface area (TPSA) is 49.3 Å². The van der Waals surface area contributed by atoms with Crippen LogP contribution >= 0.6 is 22.6 Å². The summed E-state index contributed by atoms with van der Waals surface area (Å²) in [6, 6.07) is 13.5. The van der Waals surface area contributed by atoms with Gasteiger partial charge in [0.15, 0.2) is 0 Å². The zero-order valence-electron chi connectivity index (χ0n) is 11.5. The van der Waals surface area contributed by atoms with Gasteiger partial charge >= 0.3 is 0 Å². The summed E-state index contributed by atoms with van der Waals surface area (Å²) in [5.41, 5.74) is 3.34. The molecule has 2 aromatic carbocycles. The Morgan fingerprint density at radius 2 is 1.81 bits per heavy atom. The molecular formula is C17H16INO2. The van der Waals surface area contributed by atoms with E-state index in [0.29, 0.717) is 12.1 Å². The fourth-order valence-corrected chi connectivity index (χ4v) is 2.97. The number of hydrogen-bond donors (Lipinski definition) is 2. The molecule has 1 aliphatic heterocycles. The summed E-state index contributed by atoms with van der Waals surface area (Å²) in [6.45, 7) is 0.711. The number of aliphatic hydroxyl groups excluding tert-OH is 1. The third-order valence-corrected chi connectivity index (χ3v) is 4.51. The Kier molecular flexibility index (Phi) is 4.26. The molecule has 1 aliphatic rings. The van der Waals surface area contributed by atoms with Crippen molar-refractivity contribution in [3.63, 3.8) is 0 Å². The van der Waals surface area contributed by atoms with Gasteiger partial charge in [-0.3, -0.25) is 4.79 Å². The Balaban J connectivity index is 1.96. The van der Waals surface area contributed by atoms with E-state index < -0.39 is 6.10 Å². The van der Waals surface area contributed by atoms with Crippen LogP contribution in [0.3, 0.4) is 0 Å². The lowest BCUT2D eigenvalue weighted by Crippen LogP contribution is -2.22. The van der Waals surface area contributed by atoms with Crippen molar-refractivity contribution in [2.75, 3.05) is 6.54 Å². The molecule has 2 N–H and O–H groups in total. The van der Waals surface area contributed by atoms with Crippen molar-refractivity contribution in [2.45, 2.75) is 18.9 Å². The predicted molar refractivity (Wildman–Crippen MR) is 90.3 cm³/mol. The van der Waals surface area contributed by atoms with E-state index in [4.69, 9.17) is 0 Å². The number of hydrogen-bond acceptors (Lipinski definition) is 2. The van der Waals surface area contributed by atoms with Gasteiger partial charge < -0.3 is 10.4 Å². The molecular weight excluding hydrogens is 377 g/mol. The normalized spacial score (nSPS) is 15.8. The smallest absolute Gasteiger partial charge is 0.251 e. The molecule has 21 heavy (non-hydrogen) atoms. The molecule has 0 spiro atoms. The zero-order valence-corrected chi connectivity index (χ0v) is 13.6. The number of halogens is 1. The van der Waals surface area contributed by atoms with Crippen LogP contribution in [0, 0.1) is 3.57 Å². The van der Waals surface area contributed by atoms with Crippen LogP contribution in [-0.2, 0) is 6.42 Å². The van der Waals surface area contributed by atoms with Crippen molar-refractivity contribution in [2.24, 2.45) is 0 Å². The summed E-state index contributed by atoms with van der Waals surface area (Å²) in [7, 11) is 0. The third-order valence-electron chi connectivity index (χ3n) is 3.79. The highest BCUT2D eigenvalue weighted by molar-refractivity contribution is 14.1. The number of fused-ring (bicyclic) bond motifs is 1. The average molecular weight is 393 g/mol. The fourth-order valence-electron chi connectivity index (χ4n) is 2.61. The van der Waals surface area contributed by atoms with Gasteiger partial charge in [0.1, 0.15) is 6.10 Å². The summed E-state index contributed by atoms with van der Waals surface area (Å²) in [4.78, 5) is 12.1. The minimum absolute atomic E-state index is 0.0424. The first-order valence-corrected chi connectivity index (χ1v) is 8.07. The first-order valence-electron chi connectivity index (χ1n) is 7.00. The number of rotatable bonds is 2. The maximum absolute atomic E-state index is 12.1. The van der Waals surface area contributed by atoms with Gasteiger partial charge in [0.25, 0.3) is 5.91 Å². The Hall–Kier alpha value is -1.40. The monoisotopic (exact) mass is 393 g/mol. The van der Waals surface area contributed by atoms with Crippen molar-refractivity contribution >= 4 is 28.5 Å². The maximum atomic E-state index is 12.1. The summed E-state index contributed by atoms with van der Waals surface area (Å²) in [6.07, 6.45) is 1.15. The lowest BCUT2D eigenvalue weighted by Gasteiger charge is -2.14. The highest BCUT2D eigenvalue weighted by Gasteiger charge is 2.18. The lowest BCUT2D eigenvalue weighted by atomic mass is 9.95. The molecule has 108 valence electrons. The highest BCUT2D eigenvalue weighted by Crippen LogP contribution is 2.26. The minimum atomic E-state index is -0.705. The zero-order chi connectivity index (χ0) is 14.8. The number of carbonyl (C=O) groups excluding carboxylic acids is 1. The first kappa shape index (κ1) is 14.5. The molecule has 2 aromatic rings. The SMILES string of the molecule is O=C1NCCCc2ccc(C(O)c3ccc(I)cc3)cc21. The van der Waals surface area contributed by atoms with E-state index in [1.54, 1.807) is 0 Å². The molecule has 4 heteroatoms. The van der Waals surface area contributed by atoms with Crippen molar-refractivity contribution in [3.8, 4) is 0 Å². The van der Waals surface area contributed by atoms with Crippen LogP contribution in [0.5, 0.6) is 0 Å². The second-order valence-corrected chi connectivity index (χ2v) is 6.48. The van der Waals surface area contributed by atoms with Crippen LogP contribution in [0.25, 0.3) is 0 Å². The molecule has 0 aromatic heterocycles. The van der Waals surface area contributed by atoms with Gasteiger partial charge in [0.2, 0.25) is 0 Å². The summed E-state index contributed by atoms with van der Waals surface area (Å²) < 4.78 is 1.13. The second-order valence-electron chi connectivity index (χ2n) is 5.23. The Morgan fingerprint density at radius 3 is 2.57 bits per heavy atom. The molecule has 0 saturated carbocycles. The van der Waals surface area contributed by atoms with Gasteiger partial charge in [-0.1, -0.05) is 24.3 Å². The van der Waals surface area contributed by atoms with E-state index in [2.05, 4.69) is 27.9 Å². The number of benzene rings is 2. The molecule has 1 unspecified atom stereocenters. The number of amides is 1. The van der Waals surface area contributed by atoms with Crippen molar-refractivity contribution < 1.29 is 9.90 Å². The Morgan fingerprint density at radius 1 is 1.10 bits per heavy atom. The van der Waals surface area contributed by atoms with E-state index in [0.717, 1.165) is 33.1 Å². The van der Waals surface area contributed by atoms with E-state index in [-0.39, 0.29) is 5.91 Å². The fraction of sp³-hybridized carbons (Fsp3) is 0.235. The van der Waals surface area contributed by atoms with E-state index in [9.17, 15) is 9.90 Å². The average Bonchev–Trinajstić information content (AvgIpc) is 2.69. The van der Waals surface area contributed by atoms with Crippen molar-refractivity contribution in [1.29, 1.82) is 0 Å². The number of aliphatic hydroxyl groups is 1. The number of aryl methyl sites for hydroxylation is 1. The van der Waals surface area contributed by atoms with Crippen molar-refractivity contribution in [1.82, 2.24) is 5.32 Å². The molecule has 0 bridgehead atoms. The van der Waals surface area contributed by atoms with E-state index in [1.807, 2.05) is 42.5 Å². The molecule has 0 saturated heterocycles. The molecule has 0 radical (unpaired) electrons. The summed E-state index contributed by atoms with van der Waals surface area (Å²) in [5, 5.41) is 13.4. The van der Waals surface area contributed by atoms with Gasteiger partial charge in [-0.05, 0) is 70.3 Å². The molecule has 0 fully saturated rings. The molecule has 1 heterocycles. The molecule has 0 aliphatic carbocycles. The highest BCUT2D eigenvalue weighted by atomic mass is 127. The molecule has 3 rings (SSSR count). The van der Waals surface area contributed by atoms with E-state index in [1.165, 1.54) is 0 Å². The predicted octanol–water partition coefficient (Wildman–Crippen LogP) is 3.05. The van der Waals surface area contributed by atoms with Crippen LogP contribution in [0.15, 0.2) is 42.5 Å². The van der Waals surface area contributed by atoms with Crippen molar-refractivity contribution in [3.05, 3.63) is 68.3 Å². The minimum Gasteiger partial charge on any atom is -0.384 e. The largest absolute Gasteiger partial charge is 0.384 e. The van der Waals surface area contributed by atoms with Crippen LogP contribution in [-0.4, -0.2) is 17.6 Å². The standard InChI is InChI=1S/C17H16INO2/c18-14-7-5-12(6-8-14)16(20)13-4-3-11-2-1-9-19-17(21)15(11)10-13/h3-8,10,16,20H,1-2,9H2,(H,19,21). The third kappa shape index (κ3) is 3.11. The van der Waals surface area contributed by atoms with Gasteiger partial charge in [-0.15, -0.1) is 0 Å². The lowest BCUT2D eigenvalue weighted by molar-refractivity contribution is 0.0956. The van der Waals surface area contributed by atoms with Gasteiger partial charge in [-0.2, -0.15) is 0 Å². The van der Waals surface area contributed by atoms with Crippen LogP contribution < -0.4 is 5.32 Å².